The molecule has 1 aromatic rings. The van der Waals surface area contributed by atoms with Crippen molar-refractivity contribution in [2.75, 3.05) is 0 Å². The Bertz CT molecular complexity index is 811. The molecule has 13 heteroatoms. The maximum atomic E-state index is 13.0. The van der Waals surface area contributed by atoms with Gasteiger partial charge in [0.2, 0.25) is 23.6 Å². The maximum absolute atomic E-state index is 13.0. The second-order valence-electron chi connectivity index (χ2n) is 7.75. The average molecular weight is 454 g/mol. The first-order chi connectivity index (χ1) is 14.9. The lowest BCUT2D eigenvalue weighted by Crippen LogP contribution is -2.58. The molecule has 0 radical (unpaired) electrons. The highest BCUT2D eigenvalue weighted by atomic mass is 16.4. The SMILES string of the molecule is CC(NC(=O)C(CCC(N)=O)NC(=O)C(Cc1cnc[nH]1)NC(=O)C(N)C(C)C)C(=O)O. The standard InChI is InChI=1S/C19H31N7O6/c1-9(2)15(21)18(30)26-13(6-11-7-22-8-23-11)17(29)25-12(4-5-14(20)27)16(28)24-10(3)19(31)32/h7-10,12-13,15H,4-6,21H2,1-3H3,(H2,20,27)(H,22,23)(H,24,28)(H,25,29)(H,26,30)(H,31,32). The van der Waals surface area contributed by atoms with Gasteiger partial charge in [-0.2, -0.15) is 0 Å². The number of nitrogens with zero attached hydrogens (tertiary/aromatic N) is 1. The van der Waals surface area contributed by atoms with Crippen molar-refractivity contribution in [2.24, 2.45) is 17.4 Å². The number of H-pyrrole nitrogens is 1. The summed E-state index contributed by atoms with van der Waals surface area (Å²) in [4.78, 5) is 66.8. The maximum Gasteiger partial charge on any atom is 0.325 e. The van der Waals surface area contributed by atoms with Gasteiger partial charge < -0.3 is 37.5 Å². The number of aromatic amines is 1. The minimum atomic E-state index is -1.27. The van der Waals surface area contributed by atoms with E-state index in [1.54, 1.807) is 13.8 Å². The van der Waals surface area contributed by atoms with Crippen LogP contribution in [0.5, 0.6) is 0 Å². The first-order valence-corrected chi connectivity index (χ1v) is 10.1. The predicted molar refractivity (Wildman–Crippen MR) is 113 cm³/mol. The van der Waals surface area contributed by atoms with Gasteiger partial charge in [-0.1, -0.05) is 13.8 Å². The quantitative estimate of drug-likeness (QED) is 0.172. The lowest BCUT2D eigenvalue weighted by atomic mass is 10.0. The minimum absolute atomic E-state index is 0.0259. The Morgan fingerprint density at radius 1 is 1.03 bits per heavy atom. The third-order valence-electron chi connectivity index (χ3n) is 4.67. The molecule has 0 fully saturated rings. The van der Waals surface area contributed by atoms with Gasteiger partial charge in [0, 0.05) is 24.7 Å². The molecule has 9 N–H and O–H groups in total. The number of hydrogen-bond acceptors (Lipinski definition) is 7. The van der Waals surface area contributed by atoms with Crippen molar-refractivity contribution in [1.82, 2.24) is 25.9 Å². The van der Waals surface area contributed by atoms with E-state index in [1.165, 1.54) is 19.4 Å². The molecule has 13 nitrogen and oxygen atoms in total. The zero-order valence-corrected chi connectivity index (χ0v) is 18.3. The molecule has 0 saturated heterocycles. The number of hydrogen-bond donors (Lipinski definition) is 7. The van der Waals surface area contributed by atoms with E-state index in [4.69, 9.17) is 16.6 Å². The number of aromatic nitrogens is 2. The summed E-state index contributed by atoms with van der Waals surface area (Å²) in [5, 5.41) is 16.3. The van der Waals surface area contributed by atoms with Gasteiger partial charge in [-0.3, -0.25) is 24.0 Å². The number of nitrogens with one attached hydrogen (secondary N) is 4. The Kier molecular flexibility index (Phi) is 10.3. The van der Waals surface area contributed by atoms with Crippen LogP contribution in [0.25, 0.3) is 0 Å². The van der Waals surface area contributed by atoms with E-state index in [0.717, 1.165) is 0 Å². The molecule has 1 heterocycles. The number of imidazole rings is 1. The van der Waals surface area contributed by atoms with Crippen molar-refractivity contribution in [1.29, 1.82) is 0 Å². The van der Waals surface area contributed by atoms with E-state index in [1.807, 2.05) is 0 Å². The highest BCUT2D eigenvalue weighted by Crippen LogP contribution is 2.05. The number of carboxylic acids is 1. The molecule has 0 spiro atoms. The molecule has 4 amide bonds. The molecule has 0 aliphatic carbocycles. The molecule has 0 bridgehead atoms. The van der Waals surface area contributed by atoms with Gasteiger partial charge in [0.15, 0.2) is 0 Å². The van der Waals surface area contributed by atoms with Crippen LogP contribution in [0.15, 0.2) is 12.5 Å². The molecule has 0 aromatic carbocycles. The Labute approximate surface area is 185 Å². The van der Waals surface area contributed by atoms with Gasteiger partial charge in [0.1, 0.15) is 18.1 Å². The summed E-state index contributed by atoms with van der Waals surface area (Å²) in [7, 11) is 0. The van der Waals surface area contributed by atoms with Crippen LogP contribution in [-0.4, -0.2) is 68.8 Å². The van der Waals surface area contributed by atoms with Gasteiger partial charge in [-0.05, 0) is 19.3 Å². The zero-order valence-electron chi connectivity index (χ0n) is 18.3. The van der Waals surface area contributed by atoms with E-state index in [2.05, 4.69) is 25.9 Å². The molecule has 4 unspecified atom stereocenters. The molecular weight excluding hydrogens is 422 g/mol. The van der Waals surface area contributed by atoms with Crippen LogP contribution in [-0.2, 0) is 30.4 Å². The van der Waals surface area contributed by atoms with Crippen LogP contribution in [0.1, 0.15) is 39.3 Å². The molecule has 1 rings (SSSR count). The predicted octanol–water partition coefficient (Wildman–Crippen LogP) is -2.24. The summed E-state index contributed by atoms with van der Waals surface area (Å²) >= 11 is 0. The molecular formula is C19H31N7O6. The number of carboxylic acid groups (broad SMARTS) is 1. The summed E-state index contributed by atoms with van der Waals surface area (Å²) in [6.07, 6.45) is 2.52. The van der Waals surface area contributed by atoms with Crippen LogP contribution in [0.2, 0.25) is 0 Å². The highest BCUT2D eigenvalue weighted by molar-refractivity contribution is 5.94. The van der Waals surface area contributed by atoms with Gasteiger partial charge in [-0.15, -0.1) is 0 Å². The summed E-state index contributed by atoms with van der Waals surface area (Å²) in [5.41, 5.74) is 11.5. The number of primary amides is 1. The lowest BCUT2D eigenvalue weighted by molar-refractivity contribution is -0.142. The highest BCUT2D eigenvalue weighted by Gasteiger charge is 2.30. The fourth-order valence-corrected chi connectivity index (χ4v) is 2.60. The van der Waals surface area contributed by atoms with Gasteiger partial charge in [0.05, 0.1) is 12.4 Å². The van der Waals surface area contributed by atoms with Crippen LogP contribution < -0.4 is 27.4 Å². The molecule has 4 atom stereocenters. The van der Waals surface area contributed by atoms with Gasteiger partial charge >= 0.3 is 5.97 Å². The summed E-state index contributed by atoms with van der Waals surface area (Å²) in [6.45, 7) is 4.76. The van der Waals surface area contributed by atoms with E-state index in [-0.39, 0.29) is 25.2 Å². The fourth-order valence-electron chi connectivity index (χ4n) is 2.60. The third-order valence-corrected chi connectivity index (χ3v) is 4.67. The summed E-state index contributed by atoms with van der Waals surface area (Å²) in [5.74, 6) is -4.25. The number of rotatable bonds is 13. The normalized spacial score (nSPS) is 14.7. The number of carbonyl (C=O) groups is 5. The second kappa shape index (κ2) is 12.4. The number of amides is 4. The first kappa shape index (κ1) is 26.6. The van der Waals surface area contributed by atoms with E-state index in [0.29, 0.717) is 5.69 Å². The zero-order chi connectivity index (χ0) is 24.4. The monoisotopic (exact) mass is 453 g/mol. The molecule has 1 aromatic heterocycles. The van der Waals surface area contributed by atoms with E-state index in [9.17, 15) is 24.0 Å². The lowest BCUT2D eigenvalue weighted by Gasteiger charge is -2.25. The van der Waals surface area contributed by atoms with Gasteiger partial charge in [0.25, 0.3) is 0 Å². The van der Waals surface area contributed by atoms with E-state index >= 15 is 0 Å². The van der Waals surface area contributed by atoms with Crippen molar-refractivity contribution in [3.63, 3.8) is 0 Å². The number of carbonyl (C=O) groups excluding carboxylic acids is 4. The van der Waals surface area contributed by atoms with Crippen LogP contribution in [0, 0.1) is 5.92 Å². The molecule has 0 aliphatic heterocycles. The van der Waals surface area contributed by atoms with Crippen molar-refractivity contribution in [3.8, 4) is 0 Å². The van der Waals surface area contributed by atoms with Crippen molar-refractivity contribution >= 4 is 29.6 Å². The molecule has 32 heavy (non-hydrogen) atoms. The Morgan fingerprint density at radius 3 is 2.12 bits per heavy atom. The first-order valence-electron chi connectivity index (χ1n) is 10.1. The fraction of sp³-hybridized carbons (Fsp3) is 0.579. The third kappa shape index (κ3) is 8.71. The Morgan fingerprint density at radius 2 is 1.62 bits per heavy atom. The van der Waals surface area contributed by atoms with E-state index < -0.39 is 53.8 Å². The Balaban J connectivity index is 3.02. The number of nitrogens with two attached hydrogens (primary N) is 2. The smallest absolute Gasteiger partial charge is 0.325 e. The van der Waals surface area contributed by atoms with Crippen LogP contribution in [0.4, 0.5) is 0 Å². The largest absolute Gasteiger partial charge is 0.480 e. The van der Waals surface area contributed by atoms with Crippen molar-refractivity contribution in [2.45, 2.75) is 64.2 Å². The second-order valence-corrected chi connectivity index (χ2v) is 7.75. The molecule has 178 valence electrons. The minimum Gasteiger partial charge on any atom is -0.480 e. The van der Waals surface area contributed by atoms with Crippen LogP contribution in [0.3, 0.4) is 0 Å². The van der Waals surface area contributed by atoms with Crippen LogP contribution >= 0.6 is 0 Å². The van der Waals surface area contributed by atoms with Gasteiger partial charge in [-0.25, -0.2) is 4.98 Å². The number of aliphatic carboxylic acids is 1. The van der Waals surface area contributed by atoms with Crippen molar-refractivity contribution in [3.05, 3.63) is 18.2 Å². The molecule has 0 aliphatic rings. The average Bonchev–Trinajstić information content (AvgIpc) is 3.22. The summed E-state index contributed by atoms with van der Waals surface area (Å²) in [6, 6.07) is -4.46. The molecule has 0 saturated carbocycles. The van der Waals surface area contributed by atoms with Crippen molar-refractivity contribution < 1.29 is 29.1 Å². The summed E-state index contributed by atoms with van der Waals surface area (Å²) < 4.78 is 0. The topological polar surface area (TPSA) is 222 Å². The Hall–Kier alpha value is -3.48.